The van der Waals surface area contributed by atoms with E-state index in [1.54, 1.807) is 6.07 Å². The summed E-state index contributed by atoms with van der Waals surface area (Å²) in [6.45, 7) is 0. The van der Waals surface area contributed by atoms with Crippen molar-refractivity contribution in [1.82, 2.24) is 10.1 Å². The third-order valence-corrected chi connectivity index (χ3v) is 4.08. The van der Waals surface area contributed by atoms with Crippen molar-refractivity contribution < 1.29 is 9.32 Å². The number of hydrogen-bond acceptors (Lipinski definition) is 4. The molecule has 0 spiro atoms. The molecule has 1 aromatic heterocycles. The summed E-state index contributed by atoms with van der Waals surface area (Å²) in [7, 11) is 0. The van der Waals surface area contributed by atoms with E-state index in [1.807, 2.05) is 42.5 Å². The van der Waals surface area contributed by atoms with Crippen LogP contribution in [0.4, 0.5) is 5.69 Å². The number of amides is 1. The molecule has 0 unspecified atom stereocenters. The average molecular weight is 407 g/mol. The summed E-state index contributed by atoms with van der Waals surface area (Å²) in [6.07, 6.45) is 0.605. The van der Waals surface area contributed by atoms with Crippen molar-refractivity contribution in [2.45, 2.75) is 12.8 Å². The molecule has 0 saturated carbocycles. The normalized spacial score (nSPS) is 10.6. The molecule has 1 N–H and O–H groups in total. The van der Waals surface area contributed by atoms with Crippen LogP contribution in [0.3, 0.4) is 0 Å². The first-order valence-electron chi connectivity index (χ1n) is 7.25. The van der Waals surface area contributed by atoms with Crippen LogP contribution in [0, 0.1) is 0 Å². The molecule has 0 atom stereocenters. The summed E-state index contributed by atoms with van der Waals surface area (Å²) in [6, 6.07) is 14.7. The molecule has 0 aliphatic carbocycles. The Hall–Kier alpha value is -2.18. The fourth-order valence-electron chi connectivity index (χ4n) is 2.12. The van der Waals surface area contributed by atoms with Crippen LogP contribution in [0.15, 0.2) is 57.5 Å². The maximum Gasteiger partial charge on any atom is 0.227 e. The number of carbonyl (C=O) groups excluding carboxylic acids is 1. The molecular weight excluding hydrogens is 394 g/mol. The predicted octanol–water partition coefficient (Wildman–Crippen LogP) is 4.72. The van der Waals surface area contributed by atoms with Gasteiger partial charge in [-0.15, -0.1) is 0 Å². The summed E-state index contributed by atoms with van der Waals surface area (Å²) in [5, 5.41) is 7.29. The molecule has 0 aliphatic rings. The molecule has 2 aromatic carbocycles. The number of rotatable bonds is 5. The van der Waals surface area contributed by atoms with Crippen molar-refractivity contribution in [2.24, 2.45) is 0 Å². The minimum absolute atomic E-state index is 0.120. The number of aromatic nitrogens is 2. The highest BCUT2D eigenvalue weighted by Gasteiger charge is 2.12. The minimum Gasteiger partial charge on any atom is -0.339 e. The molecule has 1 amide bonds. The largest absolute Gasteiger partial charge is 0.339 e. The topological polar surface area (TPSA) is 68.0 Å². The Kier molecular flexibility index (Phi) is 5.27. The molecule has 3 aromatic rings. The quantitative estimate of drug-likeness (QED) is 0.665. The highest BCUT2D eigenvalue weighted by atomic mass is 79.9. The Morgan fingerprint density at radius 2 is 2.04 bits per heavy atom. The van der Waals surface area contributed by atoms with Crippen LogP contribution in [0.2, 0.25) is 5.02 Å². The highest BCUT2D eigenvalue weighted by molar-refractivity contribution is 9.10. The van der Waals surface area contributed by atoms with Crippen LogP contribution in [0.1, 0.15) is 12.3 Å². The number of benzene rings is 2. The van der Waals surface area contributed by atoms with Crippen LogP contribution in [-0.2, 0) is 11.2 Å². The molecule has 0 saturated heterocycles. The van der Waals surface area contributed by atoms with Gasteiger partial charge in [0.05, 0.1) is 5.02 Å². The lowest BCUT2D eigenvalue weighted by Crippen LogP contribution is -2.12. The van der Waals surface area contributed by atoms with Crippen LogP contribution in [-0.4, -0.2) is 16.0 Å². The van der Waals surface area contributed by atoms with E-state index in [1.165, 1.54) is 0 Å². The number of aryl methyl sites for hydroxylation is 1. The number of anilines is 1. The van der Waals surface area contributed by atoms with Gasteiger partial charge in [0.1, 0.15) is 0 Å². The van der Waals surface area contributed by atoms with Gasteiger partial charge >= 0.3 is 0 Å². The molecular formula is C17H13BrClN3O2. The van der Waals surface area contributed by atoms with Crippen molar-refractivity contribution >= 4 is 39.1 Å². The van der Waals surface area contributed by atoms with E-state index in [9.17, 15) is 4.79 Å². The number of nitrogens with zero attached hydrogens (tertiary/aromatic N) is 2. The second-order valence-electron chi connectivity index (χ2n) is 5.05. The molecule has 0 radical (unpaired) electrons. The van der Waals surface area contributed by atoms with E-state index in [0.717, 1.165) is 10.2 Å². The van der Waals surface area contributed by atoms with Gasteiger partial charge in [0.25, 0.3) is 0 Å². The lowest BCUT2D eigenvalue weighted by Gasteiger charge is -2.04. The smallest absolute Gasteiger partial charge is 0.227 e. The molecule has 3 rings (SSSR count). The maximum atomic E-state index is 12.0. The third-order valence-electron chi connectivity index (χ3n) is 3.26. The van der Waals surface area contributed by atoms with Gasteiger partial charge in [-0.25, -0.2) is 0 Å². The monoisotopic (exact) mass is 405 g/mol. The summed E-state index contributed by atoms with van der Waals surface area (Å²) >= 11 is 9.47. The first-order chi connectivity index (χ1) is 11.6. The zero-order chi connectivity index (χ0) is 16.9. The van der Waals surface area contributed by atoms with E-state index < -0.39 is 0 Å². The van der Waals surface area contributed by atoms with Gasteiger partial charge in [-0.1, -0.05) is 50.9 Å². The van der Waals surface area contributed by atoms with Crippen LogP contribution in [0.5, 0.6) is 0 Å². The second-order valence-corrected chi connectivity index (χ2v) is 6.37. The third kappa shape index (κ3) is 4.21. The number of nitrogens with one attached hydrogen (secondary N) is 1. The minimum atomic E-state index is -0.120. The summed E-state index contributed by atoms with van der Waals surface area (Å²) < 4.78 is 6.09. The number of carbonyl (C=O) groups is 1. The standard InChI is InChI=1S/C17H13BrClN3O2/c18-11-4-3-5-12(10-11)20-15(23)8-9-16-21-17(22-24-16)13-6-1-2-7-14(13)19/h1-7,10H,8-9H2,(H,20,23). The van der Waals surface area contributed by atoms with Gasteiger partial charge in [0.15, 0.2) is 0 Å². The summed E-state index contributed by atoms with van der Waals surface area (Å²) in [4.78, 5) is 16.3. The van der Waals surface area contributed by atoms with E-state index in [2.05, 4.69) is 31.4 Å². The lowest BCUT2D eigenvalue weighted by molar-refractivity contribution is -0.116. The van der Waals surface area contributed by atoms with Crippen LogP contribution < -0.4 is 5.32 Å². The fourth-order valence-corrected chi connectivity index (χ4v) is 2.74. The summed E-state index contributed by atoms with van der Waals surface area (Å²) in [5.41, 5.74) is 1.43. The molecule has 5 nitrogen and oxygen atoms in total. The Bertz CT molecular complexity index is 866. The van der Waals surface area contributed by atoms with Crippen LogP contribution in [0.25, 0.3) is 11.4 Å². The second kappa shape index (κ2) is 7.59. The Morgan fingerprint density at radius 3 is 2.83 bits per heavy atom. The zero-order valence-electron chi connectivity index (χ0n) is 12.5. The average Bonchev–Trinajstić information content (AvgIpc) is 3.02. The number of hydrogen-bond donors (Lipinski definition) is 1. The predicted molar refractivity (Wildman–Crippen MR) is 95.8 cm³/mol. The Morgan fingerprint density at radius 1 is 1.21 bits per heavy atom. The molecule has 122 valence electrons. The van der Waals surface area contributed by atoms with Gasteiger partial charge < -0.3 is 9.84 Å². The highest BCUT2D eigenvalue weighted by Crippen LogP contribution is 2.25. The zero-order valence-corrected chi connectivity index (χ0v) is 14.8. The van der Waals surface area contributed by atoms with Crippen molar-refractivity contribution in [3.8, 4) is 11.4 Å². The SMILES string of the molecule is O=C(CCc1nc(-c2ccccc2Cl)no1)Nc1cccc(Br)c1. The van der Waals surface area contributed by atoms with E-state index >= 15 is 0 Å². The molecule has 0 fully saturated rings. The maximum absolute atomic E-state index is 12.0. The van der Waals surface area contributed by atoms with Gasteiger partial charge in [-0.3, -0.25) is 4.79 Å². The van der Waals surface area contributed by atoms with E-state index in [0.29, 0.717) is 28.7 Å². The fraction of sp³-hybridized carbons (Fsp3) is 0.118. The van der Waals surface area contributed by atoms with Gasteiger partial charge in [-0.2, -0.15) is 4.98 Å². The van der Waals surface area contributed by atoms with Crippen molar-refractivity contribution in [2.75, 3.05) is 5.32 Å². The first kappa shape index (κ1) is 16.7. The Labute approximate surface area is 152 Å². The van der Waals surface area contributed by atoms with Crippen molar-refractivity contribution in [1.29, 1.82) is 0 Å². The molecule has 0 bridgehead atoms. The molecule has 7 heteroatoms. The molecule has 24 heavy (non-hydrogen) atoms. The van der Waals surface area contributed by atoms with Crippen molar-refractivity contribution in [3.63, 3.8) is 0 Å². The van der Waals surface area contributed by atoms with Crippen molar-refractivity contribution in [3.05, 3.63) is 63.9 Å². The lowest BCUT2D eigenvalue weighted by atomic mass is 10.2. The van der Waals surface area contributed by atoms with E-state index in [-0.39, 0.29) is 12.3 Å². The Balaban J connectivity index is 1.59. The molecule has 0 aliphatic heterocycles. The van der Waals surface area contributed by atoms with E-state index in [4.69, 9.17) is 16.1 Å². The van der Waals surface area contributed by atoms with Gasteiger partial charge in [-0.05, 0) is 30.3 Å². The van der Waals surface area contributed by atoms with Gasteiger partial charge in [0.2, 0.25) is 17.6 Å². The van der Waals surface area contributed by atoms with Crippen LogP contribution >= 0.6 is 27.5 Å². The summed E-state index contributed by atoms with van der Waals surface area (Å²) in [5.74, 6) is 0.697. The first-order valence-corrected chi connectivity index (χ1v) is 8.42. The number of halogens is 2. The molecule has 1 heterocycles. The van der Waals surface area contributed by atoms with Gasteiger partial charge in [0, 0.05) is 28.6 Å².